The second kappa shape index (κ2) is 10.8. The van der Waals surface area contributed by atoms with Gasteiger partial charge in [-0.2, -0.15) is 0 Å². The molecule has 4 rings (SSSR count). The number of hydrogen-bond donors (Lipinski definition) is 1. The molecule has 0 aliphatic rings. The molecule has 0 saturated carbocycles. The first-order valence-electron chi connectivity index (χ1n) is 11.3. The molecule has 5 heteroatoms. The van der Waals surface area contributed by atoms with E-state index in [-0.39, 0.29) is 12.4 Å². The molecule has 0 bridgehead atoms. The fourth-order valence-electron chi connectivity index (χ4n) is 3.88. The van der Waals surface area contributed by atoms with Gasteiger partial charge >= 0.3 is 5.97 Å². The first-order chi connectivity index (χ1) is 16.5. The maximum absolute atomic E-state index is 12.6. The van der Waals surface area contributed by atoms with Crippen LogP contribution >= 0.6 is 0 Å². The molecule has 1 heterocycles. The summed E-state index contributed by atoms with van der Waals surface area (Å²) < 4.78 is 5.36. The normalized spacial score (nSPS) is 12.0. The number of aliphatic hydroxyl groups is 1. The van der Waals surface area contributed by atoms with Crippen LogP contribution in [0.25, 0.3) is 27.6 Å². The Kier molecular flexibility index (Phi) is 7.35. The van der Waals surface area contributed by atoms with Crippen LogP contribution in [-0.2, 0) is 16.1 Å². The van der Waals surface area contributed by atoms with Crippen LogP contribution in [0.5, 0.6) is 0 Å². The van der Waals surface area contributed by atoms with Crippen molar-refractivity contribution in [1.29, 1.82) is 0 Å². The Bertz CT molecular complexity index is 1300. The zero-order valence-corrected chi connectivity index (χ0v) is 19.4. The molecule has 1 aromatic heterocycles. The van der Waals surface area contributed by atoms with Crippen LogP contribution < -0.4 is 0 Å². The maximum atomic E-state index is 12.6. The molecule has 0 spiro atoms. The molecule has 0 radical (unpaired) electrons. The smallest absolute Gasteiger partial charge is 0.373 e. The number of carbonyl (C=O) groups excluding carboxylic acids is 1. The molecule has 0 unspecified atom stereocenters. The van der Waals surface area contributed by atoms with Gasteiger partial charge in [0.1, 0.15) is 6.61 Å². The van der Waals surface area contributed by atoms with Crippen molar-refractivity contribution < 1.29 is 14.6 Å². The summed E-state index contributed by atoms with van der Waals surface area (Å²) in [6.45, 7) is 3.23. The van der Waals surface area contributed by atoms with Crippen molar-refractivity contribution in [1.82, 2.24) is 9.88 Å². The highest BCUT2D eigenvalue weighted by atomic mass is 16.5. The van der Waals surface area contributed by atoms with E-state index in [0.29, 0.717) is 12.1 Å². The van der Waals surface area contributed by atoms with Gasteiger partial charge in [0, 0.05) is 35.8 Å². The van der Waals surface area contributed by atoms with Crippen LogP contribution in [-0.4, -0.2) is 41.2 Å². The minimum atomic E-state index is -0.727. The topological polar surface area (TPSA) is 62.7 Å². The van der Waals surface area contributed by atoms with Gasteiger partial charge in [-0.1, -0.05) is 72.8 Å². The molecule has 3 aromatic carbocycles. The Morgan fingerprint density at radius 3 is 2.38 bits per heavy atom. The lowest BCUT2D eigenvalue weighted by Crippen LogP contribution is -2.24. The number of carbonyl (C=O) groups is 1. The Labute approximate surface area is 200 Å². The van der Waals surface area contributed by atoms with Crippen molar-refractivity contribution in [3.05, 3.63) is 108 Å². The van der Waals surface area contributed by atoms with E-state index >= 15 is 0 Å². The minimum absolute atomic E-state index is 0.189. The third-order valence-corrected chi connectivity index (χ3v) is 5.79. The van der Waals surface area contributed by atoms with Crippen molar-refractivity contribution in [2.45, 2.75) is 13.5 Å². The Hall–Kier alpha value is -3.96. The monoisotopic (exact) mass is 452 g/mol. The molecular weight excluding hydrogens is 424 g/mol. The SMILES string of the molecule is C/C(=C(\O)C(=O)OCCN(C)Cc1ccccc1)c1cccc2ncc(-c3ccccc3)cc12. The largest absolute Gasteiger partial charge is 0.502 e. The van der Waals surface area contributed by atoms with Crippen LogP contribution in [0.2, 0.25) is 0 Å². The number of nitrogens with zero attached hydrogens (tertiary/aromatic N) is 2. The highest BCUT2D eigenvalue weighted by Crippen LogP contribution is 2.29. The number of allylic oxidation sites excluding steroid dienone is 1. The predicted octanol–water partition coefficient (Wildman–Crippen LogP) is 5.87. The van der Waals surface area contributed by atoms with E-state index in [2.05, 4.69) is 22.0 Å². The molecule has 34 heavy (non-hydrogen) atoms. The summed E-state index contributed by atoms with van der Waals surface area (Å²) in [7, 11) is 1.97. The van der Waals surface area contributed by atoms with Crippen molar-refractivity contribution in [3.63, 3.8) is 0 Å². The number of pyridine rings is 1. The number of fused-ring (bicyclic) bond motifs is 1. The highest BCUT2D eigenvalue weighted by molar-refractivity contribution is 6.00. The number of ether oxygens (including phenoxy) is 1. The van der Waals surface area contributed by atoms with Gasteiger partial charge in [-0.15, -0.1) is 0 Å². The summed E-state index contributed by atoms with van der Waals surface area (Å²) in [6.07, 6.45) is 1.83. The van der Waals surface area contributed by atoms with Crippen LogP contribution in [0.4, 0.5) is 0 Å². The quantitative estimate of drug-likeness (QED) is 0.206. The zero-order chi connectivity index (χ0) is 23.9. The second-order valence-electron chi connectivity index (χ2n) is 8.30. The van der Waals surface area contributed by atoms with E-state index < -0.39 is 5.97 Å². The van der Waals surface area contributed by atoms with E-state index in [4.69, 9.17) is 4.74 Å². The number of aliphatic hydroxyl groups excluding tert-OH is 1. The zero-order valence-electron chi connectivity index (χ0n) is 19.4. The van der Waals surface area contributed by atoms with E-state index in [1.54, 1.807) is 6.92 Å². The third kappa shape index (κ3) is 5.50. The lowest BCUT2D eigenvalue weighted by Gasteiger charge is -2.17. The molecule has 0 aliphatic carbocycles. The average Bonchev–Trinajstić information content (AvgIpc) is 2.88. The number of benzene rings is 3. The molecule has 172 valence electrons. The number of likely N-dealkylation sites (N-methyl/N-ethyl adjacent to an activating group) is 1. The fourth-order valence-corrected chi connectivity index (χ4v) is 3.88. The summed E-state index contributed by atoms with van der Waals surface area (Å²) in [5.41, 5.74) is 5.21. The van der Waals surface area contributed by atoms with Crippen LogP contribution in [0.1, 0.15) is 18.1 Å². The first-order valence-corrected chi connectivity index (χ1v) is 11.3. The molecule has 0 amide bonds. The Morgan fingerprint density at radius 1 is 0.941 bits per heavy atom. The number of rotatable bonds is 8. The number of esters is 1. The highest BCUT2D eigenvalue weighted by Gasteiger charge is 2.17. The summed E-state index contributed by atoms with van der Waals surface area (Å²) in [4.78, 5) is 19.2. The van der Waals surface area contributed by atoms with Gasteiger partial charge in [-0.25, -0.2) is 4.79 Å². The van der Waals surface area contributed by atoms with E-state index in [1.165, 1.54) is 5.56 Å². The summed E-state index contributed by atoms with van der Waals surface area (Å²) in [6, 6.07) is 27.8. The van der Waals surface area contributed by atoms with E-state index in [0.717, 1.165) is 34.1 Å². The number of aromatic nitrogens is 1. The van der Waals surface area contributed by atoms with Crippen molar-refractivity contribution in [3.8, 4) is 11.1 Å². The number of hydrogen-bond acceptors (Lipinski definition) is 5. The fraction of sp³-hybridized carbons (Fsp3) is 0.172. The third-order valence-electron chi connectivity index (χ3n) is 5.79. The average molecular weight is 453 g/mol. The maximum Gasteiger partial charge on any atom is 0.373 e. The molecular formula is C29H28N2O3. The Morgan fingerprint density at radius 2 is 1.65 bits per heavy atom. The molecule has 0 saturated heterocycles. The van der Waals surface area contributed by atoms with Gasteiger partial charge in [-0.3, -0.25) is 9.88 Å². The molecule has 0 fully saturated rings. The van der Waals surface area contributed by atoms with Gasteiger partial charge in [0.15, 0.2) is 0 Å². The molecule has 5 nitrogen and oxygen atoms in total. The van der Waals surface area contributed by atoms with Crippen molar-refractivity contribution >= 4 is 22.4 Å². The van der Waals surface area contributed by atoms with Gasteiger partial charge in [0.2, 0.25) is 5.76 Å². The van der Waals surface area contributed by atoms with Crippen molar-refractivity contribution in [2.24, 2.45) is 0 Å². The van der Waals surface area contributed by atoms with Gasteiger partial charge in [0.25, 0.3) is 0 Å². The molecule has 0 aliphatic heterocycles. The van der Waals surface area contributed by atoms with Gasteiger partial charge < -0.3 is 9.84 Å². The summed E-state index contributed by atoms with van der Waals surface area (Å²) >= 11 is 0. The van der Waals surface area contributed by atoms with Crippen LogP contribution in [0.3, 0.4) is 0 Å². The lowest BCUT2D eigenvalue weighted by atomic mass is 9.98. The van der Waals surface area contributed by atoms with Crippen LogP contribution in [0, 0.1) is 0 Å². The van der Waals surface area contributed by atoms with Gasteiger partial charge in [-0.05, 0) is 42.8 Å². The van der Waals surface area contributed by atoms with E-state index in [1.807, 2.05) is 86.0 Å². The van der Waals surface area contributed by atoms with Gasteiger partial charge in [0.05, 0.1) is 5.52 Å². The minimum Gasteiger partial charge on any atom is -0.502 e. The second-order valence-corrected chi connectivity index (χ2v) is 8.30. The summed E-state index contributed by atoms with van der Waals surface area (Å²) in [5, 5.41) is 11.5. The lowest BCUT2D eigenvalue weighted by molar-refractivity contribution is -0.142. The summed E-state index contributed by atoms with van der Waals surface area (Å²) in [5.74, 6) is -1.11. The predicted molar refractivity (Wildman–Crippen MR) is 136 cm³/mol. The first kappa shape index (κ1) is 23.2. The van der Waals surface area contributed by atoms with Crippen molar-refractivity contribution in [2.75, 3.05) is 20.2 Å². The molecule has 4 aromatic rings. The van der Waals surface area contributed by atoms with Crippen LogP contribution in [0.15, 0.2) is 96.9 Å². The Balaban J connectivity index is 1.48. The molecule has 1 N–H and O–H groups in total. The van der Waals surface area contributed by atoms with E-state index in [9.17, 15) is 9.90 Å². The molecule has 0 atom stereocenters. The standard InChI is InChI=1S/C29H28N2O3/c1-21(28(32)29(33)34-17-16-31(2)20-22-10-5-3-6-11-22)25-14-9-15-27-26(25)18-24(19-30-27)23-12-7-4-8-13-23/h3-15,18-19,32H,16-17,20H2,1-2H3/b28-21+.